The molecule has 0 saturated carbocycles. The van der Waals surface area contributed by atoms with Gasteiger partial charge in [0.2, 0.25) is 17.7 Å². The van der Waals surface area contributed by atoms with Crippen molar-refractivity contribution in [2.24, 2.45) is 5.41 Å². The second-order valence-corrected chi connectivity index (χ2v) is 12.8. The van der Waals surface area contributed by atoms with Crippen molar-refractivity contribution in [3.63, 3.8) is 0 Å². The number of amides is 3. The molecule has 7 nitrogen and oxygen atoms in total. The number of carbonyl (C=O) groups excluding carboxylic acids is 3. The summed E-state index contributed by atoms with van der Waals surface area (Å²) in [6.45, 7) is 12.3. The molecule has 1 atom stereocenters. The molecule has 2 aliphatic heterocycles. The van der Waals surface area contributed by atoms with Gasteiger partial charge in [0.15, 0.2) is 0 Å². The zero-order valence-electron chi connectivity index (χ0n) is 25.2. The highest BCUT2D eigenvalue weighted by molar-refractivity contribution is 6.00. The van der Waals surface area contributed by atoms with Gasteiger partial charge in [-0.2, -0.15) is 0 Å². The van der Waals surface area contributed by atoms with E-state index in [1.807, 2.05) is 11.0 Å². The second kappa shape index (κ2) is 13.3. The smallest absolute Gasteiger partial charge is 0.247 e. The molecule has 0 bridgehead atoms. The molecule has 1 aromatic rings. The number of nitrogens with zero attached hydrogens (tertiary/aromatic N) is 2. The second-order valence-electron chi connectivity index (χ2n) is 12.8. The lowest BCUT2D eigenvalue weighted by Gasteiger charge is -2.51. The van der Waals surface area contributed by atoms with Crippen LogP contribution in [0.15, 0.2) is 41.5 Å². The van der Waals surface area contributed by atoms with E-state index in [1.54, 1.807) is 0 Å². The highest BCUT2D eigenvalue weighted by Gasteiger charge is 2.53. The molecule has 2 fully saturated rings. The highest BCUT2D eigenvalue weighted by Crippen LogP contribution is 2.40. The number of carbonyl (C=O) groups is 3. The molecule has 220 valence electrons. The number of rotatable bonds is 11. The van der Waals surface area contributed by atoms with Crippen LogP contribution in [0.2, 0.25) is 0 Å². The van der Waals surface area contributed by atoms with Crippen molar-refractivity contribution in [3.05, 3.63) is 47.0 Å². The van der Waals surface area contributed by atoms with Crippen molar-refractivity contribution in [3.8, 4) is 0 Å². The van der Waals surface area contributed by atoms with E-state index >= 15 is 0 Å². The van der Waals surface area contributed by atoms with Gasteiger partial charge < -0.3 is 20.4 Å². The van der Waals surface area contributed by atoms with Gasteiger partial charge in [-0.3, -0.25) is 14.4 Å². The van der Waals surface area contributed by atoms with Crippen molar-refractivity contribution in [1.29, 1.82) is 0 Å². The Morgan fingerprint density at radius 3 is 2.45 bits per heavy atom. The maximum atomic E-state index is 13.6. The monoisotopic (exact) mass is 550 g/mol. The summed E-state index contributed by atoms with van der Waals surface area (Å²) in [5, 5.41) is 6.22. The average molecular weight is 551 g/mol. The molecule has 0 aromatic heterocycles. The maximum absolute atomic E-state index is 13.6. The quantitative estimate of drug-likeness (QED) is 0.394. The van der Waals surface area contributed by atoms with E-state index in [0.29, 0.717) is 32.4 Å². The number of piperazine rings is 1. The molecule has 2 heterocycles. The molecule has 3 amide bonds. The van der Waals surface area contributed by atoms with E-state index < -0.39 is 11.6 Å². The normalized spacial score (nSPS) is 22.9. The van der Waals surface area contributed by atoms with Gasteiger partial charge in [-0.15, -0.1) is 0 Å². The van der Waals surface area contributed by atoms with Gasteiger partial charge in [0, 0.05) is 38.3 Å². The zero-order chi connectivity index (χ0) is 28.8. The maximum Gasteiger partial charge on any atom is 0.247 e. The largest absolute Gasteiger partial charge is 0.352 e. The highest BCUT2D eigenvalue weighted by atomic mass is 16.2. The molecule has 1 aliphatic carbocycles. The summed E-state index contributed by atoms with van der Waals surface area (Å²) in [5.41, 5.74) is 2.67. The first kappa shape index (κ1) is 30.3. The van der Waals surface area contributed by atoms with Gasteiger partial charge in [-0.25, -0.2) is 0 Å². The summed E-state index contributed by atoms with van der Waals surface area (Å²) < 4.78 is 0. The van der Waals surface area contributed by atoms with Crippen LogP contribution >= 0.6 is 0 Å². The number of benzene rings is 1. The Kier molecular flexibility index (Phi) is 10.1. The molecule has 0 radical (unpaired) electrons. The molecular weight excluding hydrogens is 500 g/mol. The van der Waals surface area contributed by atoms with Gasteiger partial charge in [0.05, 0.1) is 0 Å². The van der Waals surface area contributed by atoms with E-state index in [9.17, 15) is 14.4 Å². The average Bonchev–Trinajstić information content (AvgIpc) is 2.93. The van der Waals surface area contributed by atoms with E-state index in [1.165, 1.54) is 11.1 Å². The number of nitrogens with one attached hydrogen (secondary N) is 2. The summed E-state index contributed by atoms with van der Waals surface area (Å²) in [5.74, 6) is 0.131. The number of likely N-dealkylation sites (tertiary alicyclic amines) is 1. The molecule has 1 spiro atoms. The van der Waals surface area contributed by atoms with Crippen molar-refractivity contribution < 1.29 is 14.4 Å². The Balaban J connectivity index is 1.26. The van der Waals surface area contributed by atoms with Crippen LogP contribution in [0.1, 0.15) is 91.0 Å². The van der Waals surface area contributed by atoms with Gasteiger partial charge in [-0.1, -0.05) is 56.7 Å². The van der Waals surface area contributed by atoms with Crippen LogP contribution in [-0.2, 0) is 20.8 Å². The van der Waals surface area contributed by atoms with Gasteiger partial charge in [0.25, 0.3) is 0 Å². The minimum atomic E-state index is -0.723. The van der Waals surface area contributed by atoms with Crippen LogP contribution in [0.4, 0.5) is 0 Å². The number of hydrogen-bond acceptors (Lipinski definition) is 4. The van der Waals surface area contributed by atoms with E-state index in [4.69, 9.17) is 0 Å². The SMILES string of the molecule is CCCN1C(=O)[C@H](CCCCNC(=O)C2=C(C)CCCC2(C)C)NC(=O)C12CCN(CCc1ccccc1)CC2. The summed E-state index contributed by atoms with van der Waals surface area (Å²) >= 11 is 0. The van der Waals surface area contributed by atoms with Crippen molar-refractivity contribution in [1.82, 2.24) is 20.4 Å². The van der Waals surface area contributed by atoms with E-state index in [-0.39, 0.29) is 23.1 Å². The summed E-state index contributed by atoms with van der Waals surface area (Å²) in [6.07, 6.45) is 8.54. The number of piperidine rings is 1. The predicted molar refractivity (Wildman–Crippen MR) is 160 cm³/mol. The first-order valence-corrected chi connectivity index (χ1v) is 15.5. The summed E-state index contributed by atoms with van der Waals surface area (Å²) in [6, 6.07) is 10.0. The van der Waals surface area contributed by atoms with Gasteiger partial charge in [-0.05, 0) is 82.1 Å². The third-order valence-corrected chi connectivity index (χ3v) is 9.39. The third kappa shape index (κ3) is 6.79. The lowest BCUT2D eigenvalue weighted by atomic mass is 9.72. The van der Waals surface area contributed by atoms with Crippen LogP contribution in [0.25, 0.3) is 0 Å². The van der Waals surface area contributed by atoms with Crippen LogP contribution in [-0.4, -0.2) is 71.8 Å². The van der Waals surface area contributed by atoms with Crippen LogP contribution < -0.4 is 10.6 Å². The molecule has 40 heavy (non-hydrogen) atoms. The van der Waals surface area contributed by atoms with Crippen LogP contribution in [0.3, 0.4) is 0 Å². The predicted octanol–water partition coefficient (Wildman–Crippen LogP) is 4.61. The standard InChI is InChI=1S/C33H50N4O3/c1-5-21-37-30(39)27(15-9-10-20-34-29(38)28-25(2)12-11-17-32(28,3)4)35-31(40)33(37)18-23-36(24-19-33)22-16-26-13-7-6-8-14-26/h6-8,13-14,27H,5,9-12,15-24H2,1-4H3,(H,34,38)(H,35,40)/t27-/m0/s1. The van der Waals surface area contributed by atoms with Crippen molar-refractivity contribution in [2.75, 3.05) is 32.7 Å². The Morgan fingerprint density at radius 2 is 1.77 bits per heavy atom. The molecular formula is C33H50N4O3. The van der Waals surface area contributed by atoms with Gasteiger partial charge in [0.1, 0.15) is 11.6 Å². The lowest BCUT2D eigenvalue weighted by Crippen LogP contribution is -2.72. The minimum Gasteiger partial charge on any atom is -0.352 e. The molecule has 2 saturated heterocycles. The number of unbranched alkanes of at least 4 members (excludes halogenated alkanes) is 1. The molecule has 0 unspecified atom stereocenters. The van der Waals surface area contributed by atoms with Crippen LogP contribution in [0, 0.1) is 5.41 Å². The van der Waals surface area contributed by atoms with Crippen molar-refractivity contribution in [2.45, 2.75) is 103 Å². The fourth-order valence-corrected chi connectivity index (χ4v) is 7.08. The molecule has 1 aromatic carbocycles. The Labute approximate surface area is 241 Å². The lowest BCUT2D eigenvalue weighted by molar-refractivity contribution is -0.161. The van der Waals surface area contributed by atoms with Gasteiger partial charge >= 0.3 is 0 Å². The van der Waals surface area contributed by atoms with Crippen LogP contribution in [0.5, 0.6) is 0 Å². The fraction of sp³-hybridized carbons (Fsp3) is 0.667. The van der Waals surface area contributed by atoms with E-state index in [0.717, 1.165) is 70.2 Å². The molecule has 7 heteroatoms. The molecule has 3 aliphatic rings. The third-order valence-electron chi connectivity index (χ3n) is 9.39. The zero-order valence-corrected chi connectivity index (χ0v) is 25.2. The summed E-state index contributed by atoms with van der Waals surface area (Å²) in [4.78, 5) is 44.4. The molecule has 4 rings (SSSR count). The Bertz CT molecular complexity index is 1070. The van der Waals surface area contributed by atoms with E-state index in [2.05, 4.69) is 67.5 Å². The van der Waals surface area contributed by atoms with Crippen molar-refractivity contribution >= 4 is 17.7 Å². The topological polar surface area (TPSA) is 81.8 Å². The minimum absolute atomic E-state index is 0.0171. The fourth-order valence-electron chi connectivity index (χ4n) is 7.08. The Hall–Kier alpha value is -2.67. The number of allylic oxidation sites excluding steroid dienone is 1. The first-order chi connectivity index (χ1) is 19.2. The first-order valence-electron chi connectivity index (χ1n) is 15.5. The Morgan fingerprint density at radius 1 is 1.05 bits per heavy atom. The summed E-state index contributed by atoms with van der Waals surface area (Å²) in [7, 11) is 0. The molecule has 2 N–H and O–H groups in total. The number of hydrogen-bond donors (Lipinski definition) is 2.